The maximum Gasteiger partial charge on any atom is 0.274 e. The van der Waals surface area contributed by atoms with Crippen molar-refractivity contribution in [2.24, 2.45) is 0 Å². The number of aromatic amines is 1. The van der Waals surface area contributed by atoms with Crippen LogP contribution in [0.25, 0.3) is 0 Å². The number of likely N-dealkylation sites (tertiary alicyclic amines) is 2. The molecule has 3 heterocycles. The van der Waals surface area contributed by atoms with Crippen LogP contribution in [-0.2, 0) is 6.42 Å². The van der Waals surface area contributed by atoms with Gasteiger partial charge in [-0.15, -0.1) is 0 Å². The Morgan fingerprint density at radius 1 is 1.41 bits per heavy atom. The van der Waals surface area contributed by atoms with E-state index in [1.54, 1.807) is 0 Å². The minimum Gasteiger partial charge on any atom is -0.332 e. The molecular formula is C17H28N4O. The van der Waals surface area contributed by atoms with E-state index in [1.807, 2.05) is 6.92 Å². The van der Waals surface area contributed by atoms with Gasteiger partial charge >= 0.3 is 0 Å². The van der Waals surface area contributed by atoms with Crippen molar-refractivity contribution in [2.45, 2.75) is 64.5 Å². The molecule has 22 heavy (non-hydrogen) atoms. The second-order valence-corrected chi connectivity index (χ2v) is 7.07. The van der Waals surface area contributed by atoms with Crippen LogP contribution in [0.2, 0.25) is 0 Å². The van der Waals surface area contributed by atoms with Crippen LogP contribution in [0.15, 0.2) is 0 Å². The number of carbonyl (C=O) groups excluding carboxylic acids is 1. The molecule has 122 valence electrons. The summed E-state index contributed by atoms with van der Waals surface area (Å²) in [4.78, 5) is 17.6. The van der Waals surface area contributed by atoms with E-state index in [2.05, 4.69) is 40.9 Å². The highest BCUT2D eigenvalue weighted by atomic mass is 16.2. The maximum atomic E-state index is 13.1. The molecule has 5 nitrogen and oxygen atoms in total. The van der Waals surface area contributed by atoms with Gasteiger partial charge in [0, 0.05) is 23.3 Å². The number of aryl methyl sites for hydroxylation is 1. The van der Waals surface area contributed by atoms with Crippen LogP contribution in [0, 0.1) is 6.92 Å². The van der Waals surface area contributed by atoms with Gasteiger partial charge in [0.2, 0.25) is 0 Å². The number of rotatable bonds is 2. The molecule has 2 atom stereocenters. The number of fused-ring (bicyclic) bond motifs is 1. The molecule has 1 aromatic heterocycles. The molecule has 0 radical (unpaired) electrons. The third-order valence-corrected chi connectivity index (χ3v) is 5.95. The Morgan fingerprint density at radius 3 is 2.86 bits per heavy atom. The molecule has 0 saturated carbocycles. The van der Waals surface area contributed by atoms with Crippen molar-refractivity contribution in [3.63, 3.8) is 0 Å². The van der Waals surface area contributed by atoms with Gasteiger partial charge in [-0.25, -0.2) is 0 Å². The first kappa shape index (κ1) is 15.5. The maximum absolute atomic E-state index is 13.1. The van der Waals surface area contributed by atoms with Crippen molar-refractivity contribution >= 4 is 5.91 Å². The molecule has 1 amide bonds. The highest BCUT2D eigenvalue weighted by molar-refractivity contribution is 5.94. The summed E-state index contributed by atoms with van der Waals surface area (Å²) >= 11 is 0. The van der Waals surface area contributed by atoms with Gasteiger partial charge in [0.05, 0.1) is 6.04 Å². The molecule has 1 N–H and O–H groups in total. The average Bonchev–Trinajstić information content (AvgIpc) is 2.88. The van der Waals surface area contributed by atoms with Gasteiger partial charge in [0.25, 0.3) is 5.91 Å². The van der Waals surface area contributed by atoms with Gasteiger partial charge < -0.3 is 4.90 Å². The molecule has 3 rings (SSSR count). The van der Waals surface area contributed by atoms with E-state index in [-0.39, 0.29) is 11.4 Å². The lowest BCUT2D eigenvalue weighted by molar-refractivity contribution is -0.0350. The molecule has 0 bridgehead atoms. The van der Waals surface area contributed by atoms with Crippen molar-refractivity contribution in [3.05, 3.63) is 17.0 Å². The topological polar surface area (TPSA) is 52.2 Å². The number of carbonyl (C=O) groups is 1. The lowest BCUT2D eigenvalue weighted by Gasteiger charge is -2.55. The van der Waals surface area contributed by atoms with E-state index in [0.717, 1.165) is 43.6 Å². The first-order chi connectivity index (χ1) is 10.5. The molecule has 0 unspecified atom stereocenters. The first-order valence-electron chi connectivity index (χ1n) is 8.55. The van der Waals surface area contributed by atoms with E-state index in [9.17, 15) is 4.79 Å². The second-order valence-electron chi connectivity index (χ2n) is 7.07. The normalized spacial score (nSPS) is 29.5. The monoisotopic (exact) mass is 304 g/mol. The molecule has 2 saturated heterocycles. The number of amides is 1. The number of H-pyrrole nitrogens is 1. The minimum absolute atomic E-state index is 0.111. The highest BCUT2D eigenvalue weighted by Crippen LogP contribution is 2.38. The third kappa shape index (κ3) is 2.26. The van der Waals surface area contributed by atoms with Crippen molar-refractivity contribution < 1.29 is 4.79 Å². The van der Waals surface area contributed by atoms with Gasteiger partial charge in [0.15, 0.2) is 5.69 Å². The summed E-state index contributed by atoms with van der Waals surface area (Å²) in [7, 11) is 2.20. The van der Waals surface area contributed by atoms with Crippen LogP contribution in [0.4, 0.5) is 0 Å². The largest absolute Gasteiger partial charge is 0.332 e. The molecule has 5 heteroatoms. The van der Waals surface area contributed by atoms with E-state index >= 15 is 0 Å². The predicted molar refractivity (Wildman–Crippen MR) is 87.0 cm³/mol. The number of aromatic nitrogens is 2. The minimum atomic E-state index is 0.111. The van der Waals surface area contributed by atoms with Crippen molar-refractivity contribution in [1.29, 1.82) is 0 Å². The highest BCUT2D eigenvalue weighted by Gasteiger charge is 2.47. The van der Waals surface area contributed by atoms with Crippen LogP contribution in [0.3, 0.4) is 0 Å². The summed E-state index contributed by atoms with van der Waals surface area (Å²) in [5.41, 5.74) is 2.83. The Kier molecular flexibility index (Phi) is 4.02. The molecule has 0 aliphatic carbocycles. The van der Waals surface area contributed by atoms with Crippen molar-refractivity contribution in [3.8, 4) is 0 Å². The summed E-state index contributed by atoms with van der Waals surface area (Å²) in [6.07, 6.45) is 5.41. The van der Waals surface area contributed by atoms with Crippen molar-refractivity contribution in [1.82, 2.24) is 20.0 Å². The van der Waals surface area contributed by atoms with Crippen LogP contribution in [0.5, 0.6) is 0 Å². The standard InChI is InChI=1S/C17H28N4O/c1-5-13-12(2)15(19-18-13)16(22)21-11-7-9-17(3)14(21)8-6-10-20(17)4/h14H,5-11H2,1-4H3,(H,18,19)/t14-,17-/m0/s1. The Labute approximate surface area is 133 Å². The Morgan fingerprint density at radius 2 is 2.18 bits per heavy atom. The van der Waals surface area contributed by atoms with Crippen LogP contribution < -0.4 is 0 Å². The number of piperidine rings is 2. The lowest BCUT2D eigenvalue weighted by atomic mass is 9.76. The van der Waals surface area contributed by atoms with Gasteiger partial charge in [0.1, 0.15) is 0 Å². The molecule has 0 spiro atoms. The SMILES string of the molecule is CCc1[nH]nc(C(=O)N2CCC[C@@]3(C)[C@@H]2CCCN3C)c1C. The zero-order valence-corrected chi connectivity index (χ0v) is 14.3. The summed E-state index contributed by atoms with van der Waals surface area (Å²) in [5.74, 6) is 0.111. The number of hydrogen-bond donors (Lipinski definition) is 1. The number of nitrogens with one attached hydrogen (secondary N) is 1. The van der Waals surface area contributed by atoms with E-state index in [1.165, 1.54) is 12.8 Å². The molecule has 1 aromatic rings. The van der Waals surface area contributed by atoms with Crippen molar-refractivity contribution in [2.75, 3.05) is 20.1 Å². The zero-order valence-electron chi connectivity index (χ0n) is 14.3. The second kappa shape index (κ2) is 5.69. The van der Waals surface area contributed by atoms with Gasteiger partial charge in [-0.3, -0.25) is 14.8 Å². The zero-order chi connectivity index (χ0) is 15.9. The van der Waals surface area contributed by atoms with Crippen LogP contribution in [-0.4, -0.2) is 57.6 Å². The lowest BCUT2D eigenvalue weighted by Crippen LogP contribution is -2.66. The van der Waals surface area contributed by atoms with Gasteiger partial charge in [-0.1, -0.05) is 6.92 Å². The predicted octanol–water partition coefficient (Wildman–Crippen LogP) is 2.37. The molecule has 0 aromatic carbocycles. The smallest absolute Gasteiger partial charge is 0.274 e. The fourth-order valence-electron chi connectivity index (χ4n) is 4.32. The molecule has 2 aliphatic heterocycles. The Bertz CT molecular complexity index is 567. The third-order valence-electron chi connectivity index (χ3n) is 5.95. The number of nitrogens with zero attached hydrogens (tertiary/aromatic N) is 3. The summed E-state index contributed by atoms with van der Waals surface area (Å²) in [6, 6.07) is 0.314. The fraction of sp³-hybridized carbons (Fsp3) is 0.765. The van der Waals surface area contributed by atoms with E-state index in [4.69, 9.17) is 0 Å². The van der Waals surface area contributed by atoms with E-state index in [0.29, 0.717) is 11.7 Å². The Balaban J connectivity index is 1.89. The number of likely N-dealkylation sites (N-methyl/N-ethyl adjacent to an activating group) is 1. The molecule has 2 aliphatic rings. The molecule has 2 fully saturated rings. The first-order valence-corrected chi connectivity index (χ1v) is 8.55. The average molecular weight is 304 g/mol. The summed E-state index contributed by atoms with van der Waals surface area (Å²) in [6.45, 7) is 8.41. The quantitative estimate of drug-likeness (QED) is 0.912. The van der Waals surface area contributed by atoms with Crippen LogP contribution in [0.1, 0.15) is 61.3 Å². The van der Waals surface area contributed by atoms with E-state index < -0.39 is 0 Å². The van der Waals surface area contributed by atoms with Gasteiger partial charge in [-0.05, 0) is 59.5 Å². The van der Waals surface area contributed by atoms with Gasteiger partial charge in [-0.2, -0.15) is 5.10 Å². The fourth-order valence-corrected chi connectivity index (χ4v) is 4.32. The number of hydrogen-bond acceptors (Lipinski definition) is 3. The Hall–Kier alpha value is -1.36. The molecular weight excluding hydrogens is 276 g/mol. The summed E-state index contributed by atoms with van der Waals surface area (Å²) < 4.78 is 0. The van der Waals surface area contributed by atoms with Crippen LogP contribution >= 0.6 is 0 Å². The summed E-state index contributed by atoms with van der Waals surface area (Å²) in [5, 5.41) is 7.34.